The Morgan fingerprint density at radius 3 is 2.48 bits per heavy atom. The van der Waals surface area contributed by atoms with Crippen LogP contribution < -0.4 is 5.32 Å². The minimum absolute atomic E-state index is 0.0257. The van der Waals surface area contributed by atoms with Crippen molar-refractivity contribution in [1.29, 1.82) is 0 Å². The van der Waals surface area contributed by atoms with Crippen LogP contribution in [0, 0.1) is 5.92 Å². The van der Waals surface area contributed by atoms with E-state index in [1.165, 1.54) is 10.4 Å². The molecule has 9 heteroatoms. The fourth-order valence-corrected chi connectivity index (χ4v) is 5.77. The quantitative estimate of drug-likeness (QED) is 0.705. The summed E-state index contributed by atoms with van der Waals surface area (Å²) in [5, 5.41) is 11.7. The van der Waals surface area contributed by atoms with Crippen molar-refractivity contribution >= 4 is 33.2 Å². The molecule has 0 aliphatic carbocycles. The van der Waals surface area contributed by atoms with Gasteiger partial charge in [-0.1, -0.05) is 13.8 Å². The molecule has 1 aromatic rings. The second-order valence-corrected chi connectivity index (χ2v) is 9.93. The van der Waals surface area contributed by atoms with E-state index in [-0.39, 0.29) is 16.5 Å². The second-order valence-electron chi connectivity index (χ2n) is 6.60. The third-order valence-electron chi connectivity index (χ3n) is 3.97. The van der Waals surface area contributed by atoms with Gasteiger partial charge in [-0.05, 0) is 37.3 Å². The molecule has 1 aliphatic heterocycles. The zero-order valence-corrected chi connectivity index (χ0v) is 16.0. The summed E-state index contributed by atoms with van der Waals surface area (Å²) in [7, 11) is -3.48. The van der Waals surface area contributed by atoms with Gasteiger partial charge in [-0.2, -0.15) is 4.31 Å². The van der Waals surface area contributed by atoms with Gasteiger partial charge in [0.1, 0.15) is 10.3 Å². The van der Waals surface area contributed by atoms with Crippen molar-refractivity contribution in [3.63, 3.8) is 0 Å². The number of sulfonamides is 1. The zero-order chi connectivity index (χ0) is 18.6. The molecular weight excluding hydrogens is 364 g/mol. The number of thiophene rings is 1. The number of rotatable bonds is 8. The van der Waals surface area contributed by atoms with Crippen molar-refractivity contribution in [3.05, 3.63) is 17.0 Å². The van der Waals surface area contributed by atoms with E-state index in [0.717, 1.165) is 24.2 Å². The van der Waals surface area contributed by atoms with Crippen LogP contribution in [-0.4, -0.2) is 48.8 Å². The minimum Gasteiger partial charge on any atom is -0.480 e. The molecule has 1 amide bonds. The Bertz CT molecular complexity index is 721. The molecule has 25 heavy (non-hydrogen) atoms. The van der Waals surface area contributed by atoms with Gasteiger partial charge in [0, 0.05) is 18.0 Å². The highest BCUT2D eigenvalue weighted by Gasteiger charge is 2.29. The van der Waals surface area contributed by atoms with Gasteiger partial charge in [-0.15, -0.1) is 11.3 Å². The Balaban J connectivity index is 2.00. The second kappa shape index (κ2) is 8.29. The summed E-state index contributed by atoms with van der Waals surface area (Å²) < 4.78 is 26.7. The number of carbonyl (C=O) groups excluding carboxylic acids is 1. The predicted molar refractivity (Wildman–Crippen MR) is 95.0 cm³/mol. The van der Waals surface area contributed by atoms with Gasteiger partial charge >= 0.3 is 5.97 Å². The molecule has 0 aromatic carbocycles. The third kappa shape index (κ3) is 5.26. The monoisotopic (exact) mass is 388 g/mol. The molecule has 0 radical (unpaired) electrons. The molecule has 1 unspecified atom stereocenters. The van der Waals surface area contributed by atoms with E-state index in [1.807, 2.05) is 13.8 Å². The summed E-state index contributed by atoms with van der Waals surface area (Å²) in [5.74, 6) is -1.34. The lowest BCUT2D eigenvalue weighted by Gasteiger charge is -2.16. The van der Waals surface area contributed by atoms with Gasteiger partial charge in [0.2, 0.25) is 5.91 Å². The van der Waals surface area contributed by atoms with Crippen molar-refractivity contribution in [1.82, 2.24) is 9.62 Å². The summed E-state index contributed by atoms with van der Waals surface area (Å²) in [6.07, 6.45) is 2.06. The summed E-state index contributed by atoms with van der Waals surface area (Å²) in [4.78, 5) is 23.9. The van der Waals surface area contributed by atoms with Crippen LogP contribution in [0.15, 0.2) is 16.3 Å². The summed E-state index contributed by atoms with van der Waals surface area (Å²) in [6, 6.07) is 2.20. The minimum atomic E-state index is -3.48. The summed E-state index contributed by atoms with van der Waals surface area (Å²) in [6.45, 7) is 4.84. The fourth-order valence-electron chi connectivity index (χ4n) is 2.74. The number of carboxylic acid groups (broad SMARTS) is 1. The normalized spacial score (nSPS) is 16.9. The maximum absolute atomic E-state index is 12.5. The van der Waals surface area contributed by atoms with Gasteiger partial charge in [0.15, 0.2) is 0 Å². The molecule has 1 aliphatic rings. The number of nitrogens with one attached hydrogen (secondary N) is 1. The average Bonchev–Trinajstić information content (AvgIpc) is 3.17. The molecular formula is C16H24N2O5S2. The molecule has 1 aromatic heterocycles. The van der Waals surface area contributed by atoms with Crippen LogP contribution in [-0.2, 0) is 26.0 Å². The smallest absolute Gasteiger partial charge is 0.326 e. The Labute approximate surface area is 152 Å². The number of carboxylic acids is 1. The van der Waals surface area contributed by atoms with Crippen LogP contribution in [0.1, 0.15) is 38.0 Å². The maximum atomic E-state index is 12.5. The van der Waals surface area contributed by atoms with Crippen molar-refractivity contribution < 1.29 is 23.1 Å². The summed E-state index contributed by atoms with van der Waals surface area (Å²) >= 11 is 1.07. The van der Waals surface area contributed by atoms with E-state index >= 15 is 0 Å². The van der Waals surface area contributed by atoms with Crippen molar-refractivity contribution in [2.45, 2.75) is 49.8 Å². The fraction of sp³-hybridized carbons (Fsp3) is 0.625. The lowest BCUT2D eigenvalue weighted by Crippen LogP contribution is -2.42. The Morgan fingerprint density at radius 1 is 1.28 bits per heavy atom. The number of amides is 1. The lowest BCUT2D eigenvalue weighted by molar-refractivity contribution is -0.142. The Kier molecular flexibility index (Phi) is 6.59. The van der Waals surface area contributed by atoms with Gasteiger partial charge in [0.25, 0.3) is 10.0 Å². The van der Waals surface area contributed by atoms with Crippen LogP contribution >= 0.6 is 11.3 Å². The standard InChI is InChI=1S/C16H24N2O5S2/c1-11(2)9-13(16(20)21)17-14(19)10-12-5-6-15(24-12)25(22,23)18-7-3-4-8-18/h5-6,11,13H,3-4,7-10H2,1-2H3,(H,17,19)(H,20,21). The molecule has 140 valence electrons. The third-order valence-corrected chi connectivity index (χ3v) is 7.42. The first-order chi connectivity index (χ1) is 11.7. The first-order valence-corrected chi connectivity index (χ1v) is 10.6. The Morgan fingerprint density at radius 2 is 1.92 bits per heavy atom. The molecule has 1 saturated heterocycles. The number of hydrogen-bond donors (Lipinski definition) is 2. The van der Waals surface area contributed by atoms with Crippen molar-refractivity contribution in [2.75, 3.05) is 13.1 Å². The van der Waals surface area contributed by atoms with E-state index in [0.29, 0.717) is 24.4 Å². The first kappa shape index (κ1) is 19.9. The average molecular weight is 389 g/mol. The van der Waals surface area contributed by atoms with E-state index in [2.05, 4.69) is 5.32 Å². The van der Waals surface area contributed by atoms with E-state index in [1.54, 1.807) is 6.07 Å². The SMILES string of the molecule is CC(C)CC(NC(=O)Cc1ccc(S(=O)(=O)N2CCCC2)s1)C(=O)O. The Hall–Kier alpha value is -1.45. The van der Waals surface area contributed by atoms with Gasteiger partial charge in [-0.25, -0.2) is 13.2 Å². The predicted octanol–water partition coefficient (Wildman–Crippen LogP) is 1.69. The largest absolute Gasteiger partial charge is 0.480 e. The van der Waals surface area contributed by atoms with Crippen molar-refractivity contribution in [2.24, 2.45) is 5.92 Å². The van der Waals surface area contributed by atoms with Gasteiger partial charge < -0.3 is 10.4 Å². The number of hydrogen-bond acceptors (Lipinski definition) is 5. The molecule has 2 heterocycles. The molecule has 7 nitrogen and oxygen atoms in total. The van der Waals surface area contributed by atoms with E-state index < -0.39 is 27.9 Å². The van der Waals surface area contributed by atoms with Crippen molar-refractivity contribution in [3.8, 4) is 0 Å². The highest BCUT2D eigenvalue weighted by Crippen LogP contribution is 2.27. The van der Waals surface area contributed by atoms with E-state index in [4.69, 9.17) is 0 Å². The molecule has 0 bridgehead atoms. The number of aliphatic carboxylic acids is 1. The van der Waals surface area contributed by atoms with Gasteiger partial charge in [-0.3, -0.25) is 4.79 Å². The zero-order valence-electron chi connectivity index (χ0n) is 14.4. The van der Waals surface area contributed by atoms with Crippen LogP contribution in [0.2, 0.25) is 0 Å². The molecule has 0 spiro atoms. The molecule has 2 rings (SSSR count). The summed E-state index contributed by atoms with van der Waals surface area (Å²) in [5.41, 5.74) is 0. The molecule has 1 atom stereocenters. The van der Waals surface area contributed by atoms with E-state index in [9.17, 15) is 23.1 Å². The topological polar surface area (TPSA) is 104 Å². The number of carbonyl (C=O) groups is 2. The molecule has 0 saturated carbocycles. The number of nitrogens with zero attached hydrogens (tertiary/aromatic N) is 1. The lowest BCUT2D eigenvalue weighted by atomic mass is 10.0. The van der Waals surface area contributed by atoms with Crippen LogP contribution in [0.5, 0.6) is 0 Å². The van der Waals surface area contributed by atoms with Crippen LogP contribution in [0.4, 0.5) is 0 Å². The highest BCUT2D eigenvalue weighted by molar-refractivity contribution is 7.91. The maximum Gasteiger partial charge on any atom is 0.326 e. The highest BCUT2D eigenvalue weighted by atomic mass is 32.2. The molecule has 1 fully saturated rings. The van der Waals surface area contributed by atoms with Crippen LogP contribution in [0.25, 0.3) is 0 Å². The van der Waals surface area contributed by atoms with Crippen LogP contribution in [0.3, 0.4) is 0 Å². The molecule has 2 N–H and O–H groups in total. The van der Waals surface area contributed by atoms with Gasteiger partial charge in [0.05, 0.1) is 6.42 Å². The first-order valence-electron chi connectivity index (χ1n) is 8.31.